The Hall–Kier alpha value is 0.440. The normalized spacial score (nSPS) is 12.0. The van der Waals surface area contributed by atoms with Gasteiger partial charge in [-0.05, 0) is 19.3 Å². The third-order valence-electron chi connectivity index (χ3n) is 3.21. The van der Waals surface area contributed by atoms with Crippen molar-refractivity contribution in [3.63, 3.8) is 0 Å². The monoisotopic (exact) mass is 306 g/mol. The maximum Gasteiger partial charge on any atom is 0.0780 e. The van der Waals surface area contributed by atoms with Gasteiger partial charge in [-0.15, -0.1) is 0 Å². The Labute approximate surface area is 118 Å². The largest absolute Gasteiger partial charge is 0.331 e. The highest BCUT2D eigenvalue weighted by Crippen LogP contribution is 2.11. The average molecular weight is 307 g/mol. The minimum atomic E-state index is 1.12. The van der Waals surface area contributed by atoms with Gasteiger partial charge < -0.3 is 4.48 Å². The molecular weight excluding hydrogens is 274 g/mol. The summed E-state index contributed by atoms with van der Waals surface area (Å²) in [7, 11) is 6.85. The zero-order valence-corrected chi connectivity index (χ0v) is 13.9. The first-order chi connectivity index (χ1) is 8.06. The van der Waals surface area contributed by atoms with Crippen LogP contribution in [0.3, 0.4) is 0 Å². The highest BCUT2D eigenvalue weighted by atomic mass is 79.9. The van der Waals surface area contributed by atoms with Crippen LogP contribution in [-0.2, 0) is 0 Å². The predicted molar refractivity (Wildman–Crippen MR) is 82.9 cm³/mol. The Bertz CT molecular complexity index is 151. The fourth-order valence-corrected chi connectivity index (χ4v) is 2.49. The van der Waals surface area contributed by atoms with Crippen molar-refractivity contribution >= 4 is 15.9 Å². The van der Waals surface area contributed by atoms with E-state index in [2.05, 4.69) is 37.1 Å². The van der Waals surface area contributed by atoms with E-state index in [1.165, 1.54) is 76.1 Å². The number of halogens is 1. The second-order valence-electron chi connectivity index (χ2n) is 6.24. The van der Waals surface area contributed by atoms with Crippen molar-refractivity contribution in [3.05, 3.63) is 0 Å². The molecule has 0 aliphatic heterocycles. The first-order valence-corrected chi connectivity index (χ1v) is 8.55. The lowest BCUT2D eigenvalue weighted by Crippen LogP contribution is -2.35. The maximum absolute atomic E-state index is 3.48. The van der Waals surface area contributed by atoms with Gasteiger partial charge >= 0.3 is 0 Å². The van der Waals surface area contributed by atoms with Crippen molar-refractivity contribution in [1.82, 2.24) is 0 Å². The topological polar surface area (TPSA) is 0 Å². The molecule has 0 atom stereocenters. The molecule has 0 rings (SSSR count). The third kappa shape index (κ3) is 16.4. The van der Waals surface area contributed by atoms with E-state index in [0.717, 1.165) is 4.48 Å². The summed E-state index contributed by atoms with van der Waals surface area (Å²) in [6.07, 6.45) is 14.3. The van der Waals surface area contributed by atoms with E-state index in [1.54, 1.807) is 0 Å². The highest BCUT2D eigenvalue weighted by molar-refractivity contribution is 9.09. The van der Waals surface area contributed by atoms with Crippen LogP contribution >= 0.6 is 15.9 Å². The van der Waals surface area contributed by atoms with Crippen molar-refractivity contribution in [1.29, 1.82) is 0 Å². The third-order valence-corrected chi connectivity index (χ3v) is 3.77. The van der Waals surface area contributed by atoms with Crippen LogP contribution < -0.4 is 0 Å². The molecule has 0 radical (unpaired) electrons. The lowest BCUT2D eigenvalue weighted by Gasteiger charge is -2.23. The maximum atomic E-state index is 3.48. The van der Waals surface area contributed by atoms with Crippen LogP contribution in [0.5, 0.6) is 0 Å². The van der Waals surface area contributed by atoms with E-state index in [4.69, 9.17) is 0 Å². The summed E-state index contributed by atoms with van der Waals surface area (Å²) >= 11 is 3.48. The SMILES string of the molecule is C[N+](C)(C)CCCCCCCCCCCCBr. The molecule has 0 bridgehead atoms. The summed E-state index contributed by atoms with van der Waals surface area (Å²) in [5, 5.41) is 1.18. The Morgan fingerprint density at radius 3 is 1.29 bits per heavy atom. The molecule has 1 nitrogen and oxygen atoms in total. The van der Waals surface area contributed by atoms with Gasteiger partial charge in [0.1, 0.15) is 0 Å². The first-order valence-electron chi connectivity index (χ1n) is 7.43. The number of quaternary nitrogens is 1. The van der Waals surface area contributed by atoms with Crippen LogP contribution in [0.15, 0.2) is 0 Å². The minimum Gasteiger partial charge on any atom is -0.331 e. The van der Waals surface area contributed by atoms with E-state index in [0.29, 0.717) is 0 Å². The van der Waals surface area contributed by atoms with Crippen molar-refractivity contribution in [2.75, 3.05) is 33.0 Å². The fourth-order valence-electron chi connectivity index (χ4n) is 2.09. The fraction of sp³-hybridized carbons (Fsp3) is 1.00. The van der Waals surface area contributed by atoms with Crippen molar-refractivity contribution in [3.8, 4) is 0 Å². The molecule has 17 heavy (non-hydrogen) atoms. The van der Waals surface area contributed by atoms with Crippen molar-refractivity contribution in [2.24, 2.45) is 0 Å². The van der Waals surface area contributed by atoms with Gasteiger partial charge in [0.2, 0.25) is 0 Å². The molecule has 0 aromatic carbocycles. The van der Waals surface area contributed by atoms with Gasteiger partial charge in [-0.1, -0.05) is 60.9 Å². The molecule has 0 aromatic heterocycles. The summed E-state index contributed by atoms with van der Waals surface area (Å²) in [6, 6.07) is 0. The molecule has 0 saturated heterocycles. The quantitative estimate of drug-likeness (QED) is 0.271. The van der Waals surface area contributed by atoms with E-state index in [1.807, 2.05) is 0 Å². The Morgan fingerprint density at radius 2 is 0.941 bits per heavy atom. The molecule has 0 unspecified atom stereocenters. The van der Waals surface area contributed by atoms with Gasteiger partial charge in [0.15, 0.2) is 0 Å². The lowest BCUT2D eigenvalue weighted by atomic mass is 10.1. The van der Waals surface area contributed by atoms with Crippen LogP contribution in [-0.4, -0.2) is 37.5 Å². The Kier molecular flexibility index (Phi) is 11.8. The zero-order chi connectivity index (χ0) is 13.0. The van der Waals surface area contributed by atoms with Gasteiger partial charge in [0, 0.05) is 5.33 Å². The van der Waals surface area contributed by atoms with Crippen molar-refractivity contribution < 1.29 is 4.48 Å². The molecule has 0 aliphatic carbocycles. The summed E-state index contributed by atoms with van der Waals surface area (Å²) in [5.41, 5.74) is 0. The number of nitrogens with zero attached hydrogens (tertiary/aromatic N) is 1. The number of rotatable bonds is 12. The minimum absolute atomic E-state index is 1.12. The molecule has 0 spiro atoms. The second-order valence-corrected chi connectivity index (χ2v) is 7.03. The Morgan fingerprint density at radius 1 is 0.588 bits per heavy atom. The second kappa shape index (κ2) is 11.5. The van der Waals surface area contributed by atoms with Crippen LogP contribution in [0.1, 0.15) is 64.2 Å². The molecule has 0 fully saturated rings. The molecule has 0 aliphatic rings. The summed E-state index contributed by atoms with van der Waals surface area (Å²) in [4.78, 5) is 0. The molecule has 0 amide bonds. The van der Waals surface area contributed by atoms with Gasteiger partial charge in [-0.25, -0.2) is 0 Å². The molecule has 104 valence electrons. The standard InChI is InChI=1S/C15H33BrN/c1-17(2,3)15-13-11-9-7-5-4-6-8-10-12-14-16/h4-15H2,1-3H3/q+1. The molecule has 0 saturated carbocycles. The molecule has 0 N–H and O–H groups in total. The van der Waals surface area contributed by atoms with Crippen LogP contribution in [0.2, 0.25) is 0 Å². The molecule has 2 heteroatoms. The molecule has 0 aromatic rings. The summed E-state index contributed by atoms with van der Waals surface area (Å²) in [5.74, 6) is 0. The van der Waals surface area contributed by atoms with E-state index in [-0.39, 0.29) is 0 Å². The Balaban J connectivity index is 2.99. The van der Waals surface area contributed by atoms with Crippen LogP contribution in [0, 0.1) is 0 Å². The summed E-state index contributed by atoms with van der Waals surface area (Å²) in [6.45, 7) is 1.33. The lowest BCUT2D eigenvalue weighted by molar-refractivity contribution is -0.870. The highest BCUT2D eigenvalue weighted by Gasteiger charge is 2.04. The predicted octanol–water partition coefficient (Wildman–Crippen LogP) is 4.99. The number of unbranched alkanes of at least 4 members (excludes halogenated alkanes) is 9. The van der Waals surface area contributed by atoms with Gasteiger partial charge in [0.05, 0.1) is 27.7 Å². The zero-order valence-electron chi connectivity index (χ0n) is 12.3. The van der Waals surface area contributed by atoms with E-state index < -0.39 is 0 Å². The number of hydrogen-bond donors (Lipinski definition) is 0. The van der Waals surface area contributed by atoms with Crippen LogP contribution in [0.25, 0.3) is 0 Å². The number of alkyl halides is 1. The average Bonchev–Trinajstić information content (AvgIpc) is 2.24. The van der Waals surface area contributed by atoms with E-state index >= 15 is 0 Å². The first kappa shape index (κ1) is 17.4. The van der Waals surface area contributed by atoms with Gasteiger partial charge in [-0.3, -0.25) is 0 Å². The smallest absolute Gasteiger partial charge is 0.0780 e. The number of hydrogen-bond acceptors (Lipinski definition) is 0. The van der Waals surface area contributed by atoms with Crippen molar-refractivity contribution in [2.45, 2.75) is 64.2 Å². The van der Waals surface area contributed by atoms with Gasteiger partial charge in [-0.2, -0.15) is 0 Å². The molecule has 0 heterocycles. The summed E-state index contributed by atoms with van der Waals surface area (Å²) < 4.78 is 1.12. The van der Waals surface area contributed by atoms with E-state index in [9.17, 15) is 0 Å². The van der Waals surface area contributed by atoms with Gasteiger partial charge in [0.25, 0.3) is 0 Å². The van der Waals surface area contributed by atoms with Crippen LogP contribution in [0.4, 0.5) is 0 Å². The molecular formula is C15H33BrN+.